The van der Waals surface area contributed by atoms with E-state index in [0.29, 0.717) is 29.1 Å². The first kappa shape index (κ1) is 22.0. The highest BCUT2D eigenvalue weighted by atomic mass is 16.5. The minimum absolute atomic E-state index is 0.380. The molecule has 0 aliphatic heterocycles. The molecule has 4 rings (SSSR count). The molecule has 0 unspecified atom stereocenters. The molecule has 4 aromatic rings. The fourth-order valence-electron chi connectivity index (χ4n) is 3.24. The Hall–Kier alpha value is -4.20. The molecule has 33 heavy (non-hydrogen) atoms. The molecule has 0 aliphatic carbocycles. The molecule has 168 valence electrons. The van der Waals surface area contributed by atoms with Crippen LogP contribution in [0, 0.1) is 6.92 Å². The van der Waals surface area contributed by atoms with Gasteiger partial charge in [-0.15, -0.1) is 0 Å². The van der Waals surface area contributed by atoms with Crippen molar-refractivity contribution in [2.24, 2.45) is 0 Å². The summed E-state index contributed by atoms with van der Waals surface area (Å²) in [4.78, 5) is 24.5. The lowest BCUT2D eigenvalue weighted by atomic mass is 10.1. The lowest BCUT2D eigenvalue weighted by molar-refractivity contribution is -0.152. The molecule has 2 heterocycles. The molecule has 0 bridgehead atoms. The molecule has 2 aromatic heterocycles. The quantitative estimate of drug-likeness (QED) is 0.395. The molecule has 8 nitrogen and oxygen atoms in total. The van der Waals surface area contributed by atoms with Crippen molar-refractivity contribution < 1.29 is 19.4 Å². The normalized spacial score (nSPS) is 11.2. The van der Waals surface area contributed by atoms with Crippen molar-refractivity contribution in [3.8, 4) is 11.5 Å². The Bertz CT molecular complexity index is 1290. The van der Waals surface area contributed by atoms with E-state index in [1.807, 2.05) is 49.4 Å². The summed E-state index contributed by atoms with van der Waals surface area (Å²) in [6, 6.07) is 16.7. The van der Waals surface area contributed by atoms with Crippen molar-refractivity contribution in [2.75, 3.05) is 5.32 Å². The topological polar surface area (TPSA) is 106 Å². The van der Waals surface area contributed by atoms with Crippen LogP contribution in [0.3, 0.4) is 0 Å². The Labute approximate surface area is 191 Å². The first-order valence-electron chi connectivity index (χ1n) is 10.4. The van der Waals surface area contributed by atoms with Crippen molar-refractivity contribution in [1.82, 2.24) is 15.0 Å². The molecular formula is C25H24N4O4. The van der Waals surface area contributed by atoms with Crippen LogP contribution < -0.4 is 14.8 Å². The predicted molar refractivity (Wildman–Crippen MR) is 125 cm³/mol. The molecule has 0 saturated carbocycles. The zero-order chi connectivity index (χ0) is 23.4. The van der Waals surface area contributed by atoms with E-state index >= 15 is 0 Å². The molecule has 0 radical (unpaired) electrons. The second-order valence-corrected chi connectivity index (χ2v) is 8.01. The van der Waals surface area contributed by atoms with Crippen LogP contribution >= 0.6 is 0 Å². The van der Waals surface area contributed by atoms with Crippen LogP contribution in [0.2, 0.25) is 0 Å². The van der Waals surface area contributed by atoms with E-state index in [1.165, 1.54) is 20.2 Å². The van der Waals surface area contributed by atoms with E-state index in [2.05, 4.69) is 20.3 Å². The molecule has 2 aromatic carbocycles. The minimum atomic E-state index is -1.41. The van der Waals surface area contributed by atoms with E-state index in [4.69, 9.17) is 9.47 Å². The van der Waals surface area contributed by atoms with E-state index in [9.17, 15) is 9.90 Å². The largest absolute Gasteiger partial charge is 0.487 e. The Morgan fingerprint density at radius 2 is 1.88 bits per heavy atom. The number of hydrogen-bond acceptors (Lipinski definition) is 7. The average Bonchev–Trinajstić information content (AvgIpc) is 2.79. The molecule has 0 aliphatic rings. The lowest BCUT2D eigenvalue weighted by Crippen LogP contribution is -2.37. The number of rotatable bonds is 8. The summed E-state index contributed by atoms with van der Waals surface area (Å²) in [5.74, 6) is 0.585. The number of hydrogen-bond donors (Lipinski definition) is 2. The number of nitrogens with one attached hydrogen (secondary N) is 1. The smallest absolute Gasteiger partial charge is 0.347 e. The van der Waals surface area contributed by atoms with Gasteiger partial charge in [-0.3, -0.25) is 4.98 Å². The maximum absolute atomic E-state index is 11.6. The summed E-state index contributed by atoms with van der Waals surface area (Å²) in [5.41, 5.74) is 1.81. The predicted octanol–water partition coefficient (Wildman–Crippen LogP) is 4.90. The summed E-state index contributed by atoms with van der Waals surface area (Å²) in [6.45, 7) is 5.34. The number of aryl methyl sites for hydroxylation is 1. The van der Waals surface area contributed by atoms with Gasteiger partial charge in [0, 0.05) is 11.9 Å². The Morgan fingerprint density at radius 1 is 1.03 bits per heavy atom. The van der Waals surface area contributed by atoms with E-state index in [-0.39, 0.29) is 0 Å². The fraction of sp³-hybridized carbons (Fsp3) is 0.200. The van der Waals surface area contributed by atoms with Crippen molar-refractivity contribution in [3.05, 3.63) is 78.4 Å². The minimum Gasteiger partial charge on any atom is -0.487 e. The third kappa shape index (κ3) is 5.01. The number of aromatic nitrogens is 3. The number of carboxylic acids is 1. The van der Waals surface area contributed by atoms with Crippen LogP contribution in [-0.4, -0.2) is 31.6 Å². The highest BCUT2D eigenvalue weighted by molar-refractivity contribution is 5.96. The number of fused-ring (bicyclic) bond motifs is 1. The maximum atomic E-state index is 11.6. The number of carboxylic acid groups (broad SMARTS) is 1. The molecule has 0 saturated heterocycles. The van der Waals surface area contributed by atoms with Crippen molar-refractivity contribution >= 4 is 28.4 Å². The van der Waals surface area contributed by atoms with E-state index in [0.717, 1.165) is 22.7 Å². The molecule has 0 atom stereocenters. The van der Waals surface area contributed by atoms with Gasteiger partial charge >= 0.3 is 5.97 Å². The van der Waals surface area contributed by atoms with Gasteiger partial charge in [0.1, 0.15) is 30.3 Å². The summed E-state index contributed by atoms with van der Waals surface area (Å²) in [5, 5.41) is 13.4. The number of nitrogens with zero attached hydrogens (tertiary/aromatic N) is 3. The average molecular weight is 444 g/mol. The van der Waals surface area contributed by atoms with Crippen LogP contribution in [0.25, 0.3) is 10.9 Å². The number of carbonyl (C=O) groups is 1. The van der Waals surface area contributed by atoms with Crippen LogP contribution in [0.5, 0.6) is 11.5 Å². The summed E-state index contributed by atoms with van der Waals surface area (Å²) < 4.78 is 11.7. The SMILES string of the molecule is Cc1cc(Nc2ncnc3cccc(OC(C)(C)C(=O)O)c23)ccc1OCc1ccccn1. The van der Waals surface area contributed by atoms with Crippen molar-refractivity contribution in [1.29, 1.82) is 0 Å². The molecular weight excluding hydrogens is 420 g/mol. The first-order chi connectivity index (χ1) is 15.8. The van der Waals surface area contributed by atoms with Crippen LogP contribution in [0.1, 0.15) is 25.1 Å². The second kappa shape index (κ2) is 9.12. The van der Waals surface area contributed by atoms with Gasteiger partial charge in [0.25, 0.3) is 0 Å². The van der Waals surface area contributed by atoms with Crippen molar-refractivity contribution in [2.45, 2.75) is 33.0 Å². The number of ether oxygens (including phenoxy) is 2. The molecule has 0 spiro atoms. The van der Waals surface area contributed by atoms with E-state index in [1.54, 1.807) is 18.3 Å². The van der Waals surface area contributed by atoms with Gasteiger partial charge in [-0.05, 0) is 68.8 Å². The highest BCUT2D eigenvalue weighted by Crippen LogP contribution is 2.34. The van der Waals surface area contributed by atoms with Crippen LogP contribution in [0.4, 0.5) is 11.5 Å². The lowest BCUT2D eigenvalue weighted by Gasteiger charge is -2.23. The van der Waals surface area contributed by atoms with Gasteiger partial charge in [0.05, 0.1) is 16.6 Å². The van der Waals surface area contributed by atoms with Gasteiger partial charge in [-0.2, -0.15) is 0 Å². The van der Waals surface area contributed by atoms with Gasteiger partial charge in [-0.25, -0.2) is 14.8 Å². The van der Waals surface area contributed by atoms with Gasteiger partial charge in [0.15, 0.2) is 5.60 Å². The number of aliphatic carboxylic acids is 1. The second-order valence-electron chi connectivity index (χ2n) is 8.01. The molecule has 2 N–H and O–H groups in total. The molecule has 0 amide bonds. The first-order valence-corrected chi connectivity index (χ1v) is 10.4. The maximum Gasteiger partial charge on any atom is 0.347 e. The summed E-state index contributed by atoms with van der Waals surface area (Å²) in [7, 11) is 0. The van der Waals surface area contributed by atoms with Gasteiger partial charge in [0.2, 0.25) is 0 Å². The van der Waals surface area contributed by atoms with Gasteiger partial charge in [-0.1, -0.05) is 12.1 Å². The third-order valence-electron chi connectivity index (χ3n) is 5.04. The van der Waals surface area contributed by atoms with Crippen molar-refractivity contribution in [3.63, 3.8) is 0 Å². The Morgan fingerprint density at radius 3 is 2.61 bits per heavy atom. The number of pyridine rings is 1. The summed E-state index contributed by atoms with van der Waals surface area (Å²) in [6.07, 6.45) is 3.19. The Kier molecular flexibility index (Phi) is 6.08. The Balaban J connectivity index is 1.60. The summed E-state index contributed by atoms with van der Waals surface area (Å²) >= 11 is 0. The molecule has 0 fully saturated rings. The number of anilines is 2. The fourth-order valence-corrected chi connectivity index (χ4v) is 3.24. The van der Waals surface area contributed by atoms with Crippen LogP contribution in [0.15, 0.2) is 67.1 Å². The monoisotopic (exact) mass is 444 g/mol. The zero-order valence-electron chi connectivity index (χ0n) is 18.6. The third-order valence-corrected chi connectivity index (χ3v) is 5.04. The molecule has 8 heteroatoms. The zero-order valence-corrected chi connectivity index (χ0v) is 18.6. The van der Waals surface area contributed by atoms with Gasteiger partial charge < -0.3 is 19.9 Å². The highest BCUT2D eigenvalue weighted by Gasteiger charge is 2.30. The number of benzene rings is 2. The van der Waals surface area contributed by atoms with E-state index < -0.39 is 11.6 Å². The van der Waals surface area contributed by atoms with Crippen LogP contribution in [-0.2, 0) is 11.4 Å². The standard InChI is InChI=1S/C25H24N4O4/c1-16-13-17(10-11-20(16)32-14-18-7-4-5-12-26-18)29-23-22-19(27-15-28-23)8-6-9-21(22)33-25(2,3)24(30)31/h4-13,15H,14H2,1-3H3,(H,30,31)(H,27,28,29).